The lowest BCUT2D eigenvalue weighted by atomic mass is 10.1. The topological polar surface area (TPSA) is 41.4 Å². The molecule has 4 rings (SSSR count). The minimum absolute atomic E-state index is 0. The van der Waals surface area contributed by atoms with Crippen molar-refractivity contribution in [2.24, 2.45) is 5.92 Å². The monoisotopic (exact) mass is 456 g/mol. The summed E-state index contributed by atoms with van der Waals surface area (Å²) in [5, 5.41) is 4.71. The van der Waals surface area contributed by atoms with Crippen LogP contribution < -0.4 is 5.56 Å². The summed E-state index contributed by atoms with van der Waals surface area (Å²) >= 11 is 1.74. The molecular weight excluding hydrogens is 427 g/mol. The van der Waals surface area contributed by atoms with Gasteiger partial charge in [-0.25, -0.2) is 4.68 Å². The van der Waals surface area contributed by atoms with Crippen molar-refractivity contribution in [3.05, 3.63) is 46.2 Å². The van der Waals surface area contributed by atoms with Crippen molar-refractivity contribution in [3.63, 3.8) is 0 Å². The van der Waals surface area contributed by atoms with E-state index in [1.807, 2.05) is 6.07 Å². The van der Waals surface area contributed by atoms with E-state index in [2.05, 4.69) is 47.4 Å². The summed E-state index contributed by atoms with van der Waals surface area (Å²) in [4.78, 5) is 19.0. The fraction of sp³-hybridized carbons (Fsp3) is 0.524. The molecule has 8 heteroatoms. The van der Waals surface area contributed by atoms with E-state index in [0.717, 1.165) is 56.1 Å². The molecule has 2 fully saturated rings. The lowest BCUT2D eigenvalue weighted by Crippen LogP contribution is -2.45. The maximum Gasteiger partial charge on any atom is 0.271 e. The highest BCUT2D eigenvalue weighted by Gasteiger charge is 2.24. The van der Waals surface area contributed by atoms with Gasteiger partial charge in [0.15, 0.2) is 0 Å². The van der Waals surface area contributed by atoms with Crippen molar-refractivity contribution in [2.75, 3.05) is 39.5 Å². The van der Waals surface area contributed by atoms with E-state index >= 15 is 0 Å². The minimum atomic E-state index is 0. The van der Waals surface area contributed by atoms with Gasteiger partial charge < -0.3 is 4.90 Å². The maximum atomic E-state index is 13.0. The summed E-state index contributed by atoms with van der Waals surface area (Å²) < 4.78 is 1.72. The molecule has 29 heavy (non-hydrogen) atoms. The van der Waals surface area contributed by atoms with Gasteiger partial charge in [0.05, 0.1) is 5.69 Å². The van der Waals surface area contributed by atoms with Gasteiger partial charge in [0, 0.05) is 55.3 Å². The van der Waals surface area contributed by atoms with Crippen molar-refractivity contribution in [1.29, 1.82) is 0 Å². The second kappa shape index (κ2) is 10.8. The first-order valence-corrected chi connectivity index (χ1v) is 11.0. The summed E-state index contributed by atoms with van der Waals surface area (Å²) in [6, 6.07) is 10.5. The minimum Gasteiger partial charge on any atom is -0.304 e. The Labute approximate surface area is 189 Å². The first kappa shape index (κ1) is 24.2. The van der Waals surface area contributed by atoms with Crippen LogP contribution in [0.4, 0.5) is 0 Å². The number of thioether (sulfide) groups is 1. The number of likely N-dealkylation sites (N-methyl/N-ethyl adjacent to an activating group) is 1. The number of benzene rings is 1. The first-order chi connectivity index (χ1) is 13.1. The number of aromatic nitrogens is 2. The molecule has 1 saturated heterocycles. The summed E-state index contributed by atoms with van der Waals surface area (Å²) in [5.74, 6) is 0.626. The summed E-state index contributed by atoms with van der Waals surface area (Å²) in [5.41, 5.74) is 2.95. The third-order valence-electron chi connectivity index (χ3n) is 5.55. The molecular formula is C21H30Cl2N4OS. The Morgan fingerprint density at radius 2 is 1.72 bits per heavy atom. The van der Waals surface area contributed by atoms with Gasteiger partial charge in [-0.1, -0.05) is 12.1 Å². The van der Waals surface area contributed by atoms with Gasteiger partial charge >= 0.3 is 0 Å². The average Bonchev–Trinajstić information content (AvgIpc) is 3.51. The Balaban J connectivity index is 0.00000150. The molecule has 0 amide bonds. The number of hydrogen-bond acceptors (Lipinski definition) is 5. The SMILES string of the molecule is CSc1ccc(-c2cc(CN3CCN(C)CC3)c(=O)n(CC3CC3)n2)cc1.Cl.Cl. The van der Waals surface area contributed by atoms with E-state index in [1.54, 1.807) is 16.4 Å². The van der Waals surface area contributed by atoms with Crippen LogP contribution in [0.15, 0.2) is 40.0 Å². The summed E-state index contributed by atoms with van der Waals surface area (Å²) in [7, 11) is 2.16. The Kier molecular flexibility index (Phi) is 9.04. The van der Waals surface area contributed by atoms with Crippen molar-refractivity contribution in [3.8, 4) is 11.3 Å². The van der Waals surface area contributed by atoms with Crippen LogP contribution in [-0.2, 0) is 13.1 Å². The van der Waals surface area contributed by atoms with E-state index in [1.165, 1.54) is 17.7 Å². The number of halogens is 2. The van der Waals surface area contributed by atoms with Crippen molar-refractivity contribution < 1.29 is 0 Å². The van der Waals surface area contributed by atoms with Gasteiger partial charge in [0.2, 0.25) is 0 Å². The van der Waals surface area contributed by atoms with Crippen LogP contribution in [0.5, 0.6) is 0 Å². The molecule has 0 N–H and O–H groups in total. The Hall–Kier alpha value is -1.05. The van der Waals surface area contributed by atoms with Gasteiger partial charge in [-0.05, 0) is 50.3 Å². The first-order valence-electron chi connectivity index (χ1n) is 9.79. The molecule has 0 atom stereocenters. The van der Waals surface area contributed by atoms with Crippen molar-refractivity contribution in [2.45, 2.75) is 30.8 Å². The Bertz CT molecular complexity index is 847. The highest BCUT2D eigenvalue weighted by molar-refractivity contribution is 7.98. The highest BCUT2D eigenvalue weighted by Crippen LogP contribution is 2.30. The number of rotatable bonds is 6. The van der Waals surface area contributed by atoms with E-state index < -0.39 is 0 Å². The zero-order valence-corrected chi connectivity index (χ0v) is 19.5. The second-order valence-corrected chi connectivity index (χ2v) is 8.67. The normalized spacial score (nSPS) is 17.4. The molecule has 2 heterocycles. The molecule has 1 aliphatic heterocycles. The molecule has 1 aromatic heterocycles. The zero-order chi connectivity index (χ0) is 18.8. The lowest BCUT2D eigenvalue weighted by molar-refractivity contribution is 0.147. The van der Waals surface area contributed by atoms with Crippen LogP contribution in [0.2, 0.25) is 0 Å². The van der Waals surface area contributed by atoms with Gasteiger partial charge in [0.25, 0.3) is 5.56 Å². The van der Waals surface area contributed by atoms with E-state index in [-0.39, 0.29) is 30.4 Å². The fourth-order valence-corrected chi connectivity index (χ4v) is 3.94. The molecule has 1 aromatic carbocycles. The van der Waals surface area contributed by atoms with Crippen LogP contribution in [0.3, 0.4) is 0 Å². The third kappa shape index (κ3) is 6.22. The number of nitrogens with zero attached hydrogens (tertiary/aromatic N) is 4. The predicted octanol–water partition coefficient (Wildman–Crippen LogP) is 3.63. The van der Waals surface area contributed by atoms with E-state index in [9.17, 15) is 4.79 Å². The number of hydrogen-bond donors (Lipinski definition) is 0. The largest absolute Gasteiger partial charge is 0.304 e. The second-order valence-electron chi connectivity index (χ2n) is 7.79. The summed E-state index contributed by atoms with van der Waals surface area (Å²) in [6.45, 7) is 5.62. The van der Waals surface area contributed by atoms with E-state index in [4.69, 9.17) is 5.10 Å². The van der Waals surface area contributed by atoms with Gasteiger partial charge in [0.1, 0.15) is 0 Å². The van der Waals surface area contributed by atoms with Gasteiger partial charge in [-0.2, -0.15) is 5.10 Å². The Morgan fingerprint density at radius 1 is 1.07 bits per heavy atom. The van der Waals surface area contributed by atoms with Crippen LogP contribution in [0, 0.1) is 5.92 Å². The molecule has 0 radical (unpaired) electrons. The third-order valence-corrected chi connectivity index (χ3v) is 6.30. The van der Waals surface area contributed by atoms with Crippen molar-refractivity contribution >= 4 is 36.6 Å². The van der Waals surface area contributed by atoms with E-state index in [0.29, 0.717) is 5.92 Å². The van der Waals surface area contributed by atoms with Gasteiger partial charge in [-0.3, -0.25) is 9.69 Å². The van der Waals surface area contributed by atoms with Crippen molar-refractivity contribution in [1.82, 2.24) is 19.6 Å². The molecule has 2 aromatic rings. The van der Waals surface area contributed by atoms with Crippen LogP contribution in [-0.4, -0.2) is 59.1 Å². The maximum absolute atomic E-state index is 13.0. The molecule has 1 saturated carbocycles. The predicted molar refractivity (Wildman–Crippen MR) is 126 cm³/mol. The molecule has 0 unspecified atom stereocenters. The Morgan fingerprint density at radius 3 is 2.31 bits per heavy atom. The smallest absolute Gasteiger partial charge is 0.271 e. The summed E-state index contributed by atoms with van der Waals surface area (Å²) in [6.07, 6.45) is 4.51. The molecule has 2 aliphatic rings. The van der Waals surface area contributed by atoms with Crippen LogP contribution in [0.25, 0.3) is 11.3 Å². The quantitative estimate of drug-likeness (QED) is 0.620. The number of piperazine rings is 1. The van der Waals surface area contributed by atoms with Crippen LogP contribution >= 0.6 is 36.6 Å². The molecule has 5 nitrogen and oxygen atoms in total. The highest BCUT2D eigenvalue weighted by atomic mass is 35.5. The standard InChI is InChI=1S/C21H28N4OS.2ClH/c1-23-9-11-24(12-10-23)15-18-13-20(17-5-7-19(27-2)8-6-17)22-25(21(18)26)14-16-3-4-16;;/h5-8,13,16H,3-4,9-12,14-15H2,1-2H3;2*1H. The molecule has 160 valence electrons. The van der Waals surface area contributed by atoms with Crippen LogP contribution in [0.1, 0.15) is 18.4 Å². The van der Waals surface area contributed by atoms with Gasteiger partial charge in [-0.15, -0.1) is 36.6 Å². The molecule has 1 aliphatic carbocycles. The zero-order valence-electron chi connectivity index (χ0n) is 17.0. The lowest BCUT2D eigenvalue weighted by Gasteiger charge is -2.32. The molecule has 0 bridgehead atoms. The fourth-order valence-electron chi connectivity index (χ4n) is 3.53. The average molecular weight is 457 g/mol. The molecule has 0 spiro atoms.